The molecule has 1 atom stereocenters. The van der Waals surface area contributed by atoms with Gasteiger partial charge in [-0.3, -0.25) is 4.79 Å². The third kappa shape index (κ3) is 5.45. The molecule has 0 radical (unpaired) electrons. The van der Waals surface area contributed by atoms with Crippen molar-refractivity contribution < 1.29 is 17.9 Å². The zero-order valence-electron chi connectivity index (χ0n) is 14.2. The Morgan fingerprint density at radius 1 is 1.12 bits per heavy atom. The summed E-state index contributed by atoms with van der Waals surface area (Å²) in [5.41, 5.74) is 0.925. The number of nitrogens with two attached hydrogens (primary N) is 1. The van der Waals surface area contributed by atoms with E-state index in [1.165, 1.54) is 12.1 Å². The van der Waals surface area contributed by atoms with Crippen LogP contribution in [0.5, 0.6) is 0 Å². The number of amides is 1. The molecule has 2 heterocycles. The fourth-order valence-corrected chi connectivity index (χ4v) is 3.49. The molecule has 11 heteroatoms. The Hall–Kier alpha value is -1.10. The summed E-state index contributed by atoms with van der Waals surface area (Å²) in [7, 11) is -3.67. The molecule has 3 N–H and O–H groups in total. The topological polar surface area (TPSA) is 105 Å². The van der Waals surface area contributed by atoms with Crippen LogP contribution in [-0.2, 0) is 19.6 Å². The van der Waals surface area contributed by atoms with Crippen LogP contribution in [0.2, 0.25) is 0 Å². The summed E-state index contributed by atoms with van der Waals surface area (Å²) in [4.78, 5) is 16.5. The van der Waals surface area contributed by atoms with E-state index in [9.17, 15) is 13.2 Å². The summed E-state index contributed by atoms with van der Waals surface area (Å²) >= 11 is 0. The van der Waals surface area contributed by atoms with Gasteiger partial charge >= 0.3 is 0 Å². The SMILES string of the molecule is Cl.Cl.NS(=O)(=O)c1ccc(N2CCN(C(=O)C3COCCN3)CC2)cc1. The van der Waals surface area contributed by atoms with Gasteiger partial charge in [-0.2, -0.15) is 0 Å². The number of halogens is 2. The van der Waals surface area contributed by atoms with Crippen molar-refractivity contribution in [3.8, 4) is 0 Å². The van der Waals surface area contributed by atoms with Gasteiger partial charge in [0.25, 0.3) is 0 Å². The Balaban J connectivity index is 0.00000169. The van der Waals surface area contributed by atoms with Crippen molar-refractivity contribution >= 4 is 46.4 Å². The molecule has 2 aliphatic heterocycles. The van der Waals surface area contributed by atoms with E-state index >= 15 is 0 Å². The minimum atomic E-state index is -3.67. The van der Waals surface area contributed by atoms with Gasteiger partial charge in [0.05, 0.1) is 18.1 Å². The van der Waals surface area contributed by atoms with Crippen LogP contribution >= 0.6 is 24.8 Å². The molecule has 1 amide bonds. The molecule has 0 aliphatic carbocycles. The Morgan fingerprint density at radius 3 is 2.23 bits per heavy atom. The van der Waals surface area contributed by atoms with Crippen molar-refractivity contribution in [2.45, 2.75) is 10.9 Å². The molecule has 0 bridgehead atoms. The normalized spacial score (nSPS) is 20.7. The smallest absolute Gasteiger partial charge is 0.242 e. The second-order valence-electron chi connectivity index (χ2n) is 5.93. The van der Waals surface area contributed by atoms with Gasteiger partial charge in [-0.1, -0.05) is 0 Å². The molecule has 2 saturated heterocycles. The van der Waals surface area contributed by atoms with E-state index in [2.05, 4.69) is 10.2 Å². The quantitative estimate of drug-likeness (QED) is 0.693. The van der Waals surface area contributed by atoms with Crippen LogP contribution in [0, 0.1) is 0 Å². The highest BCUT2D eigenvalue weighted by molar-refractivity contribution is 7.89. The number of hydrogen-bond acceptors (Lipinski definition) is 6. The number of morpholine rings is 1. The molecule has 1 unspecified atom stereocenters. The van der Waals surface area contributed by atoms with Crippen molar-refractivity contribution in [1.82, 2.24) is 10.2 Å². The fraction of sp³-hybridized carbons (Fsp3) is 0.533. The lowest BCUT2D eigenvalue weighted by Crippen LogP contribution is -2.57. The Bertz CT molecular complexity index is 688. The molecule has 0 saturated carbocycles. The van der Waals surface area contributed by atoms with E-state index in [0.29, 0.717) is 45.9 Å². The van der Waals surface area contributed by atoms with Crippen LogP contribution in [0.15, 0.2) is 29.2 Å². The van der Waals surface area contributed by atoms with E-state index in [-0.39, 0.29) is 41.7 Å². The zero-order chi connectivity index (χ0) is 17.2. The molecule has 1 aromatic rings. The minimum absolute atomic E-state index is 0. The van der Waals surface area contributed by atoms with Crippen LogP contribution in [0.3, 0.4) is 0 Å². The molecule has 0 aromatic heterocycles. The first kappa shape index (κ1) is 22.9. The fourth-order valence-electron chi connectivity index (χ4n) is 2.98. The number of nitrogens with one attached hydrogen (secondary N) is 1. The number of hydrogen-bond donors (Lipinski definition) is 2. The van der Waals surface area contributed by atoms with E-state index in [1.807, 2.05) is 4.90 Å². The molecule has 8 nitrogen and oxygen atoms in total. The van der Waals surface area contributed by atoms with Gasteiger partial charge in [0.2, 0.25) is 15.9 Å². The summed E-state index contributed by atoms with van der Waals surface area (Å²) in [6.45, 7) is 4.44. The lowest BCUT2D eigenvalue weighted by atomic mass is 10.2. The van der Waals surface area contributed by atoms with Crippen LogP contribution < -0.4 is 15.4 Å². The zero-order valence-corrected chi connectivity index (χ0v) is 16.6. The maximum Gasteiger partial charge on any atom is 0.242 e. The highest BCUT2D eigenvalue weighted by Crippen LogP contribution is 2.19. The standard InChI is InChI=1S/C15H22N4O4S.2ClH/c16-24(21,22)13-3-1-12(2-4-13)18-6-8-19(9-7-18)15(20)14-11-23-10-5-17-14;;/h1-4,14,17H,5-11H2,(H2,16,21,22);2*1H. The van der Waals surface area contributed by atoms with E-state index in [4.69, 9.17) is 9.88 Å². The third-order valence-corrected chi connectivity index (χ3v) is 5.27. The Labute approximate surface area is 165 Å². The van der Waals surface area contributed by atoms with E-state index in [1.54, 1.807) is 12.1 Å². The second kappa shape index (κ2) is 9.72. The Morgan fingerprint density at radius 2 is 1.73 bits per heavy atom. The van der Waals surface area contributed by atoms with Crippen LogP contribution in [0.25, 0.3) is 0 Å². The van der Waals surface area contributed by atoms with Crippen LogP contribution in [0.4, 0.5) is 5.69 Å². The number of ether oxygens (including phenoxy) is 1. The van der Waals surface area contributed by atoms with Crippen LogP contribution in [0.1, 0.15) is 0 Å². The molecule has 2 fully saturated rings. The first-order chi connectivity index (χ1) is 11.4. The van der Waals surface area contributed by atoms with Gasteiger partial charge in [-0.15, -0.1) is 24.8 Å². The highest BCUT2D eigenvalue weighted by Gasteiger charge is 2.28. The molecule has 26 heavy (non-hydrogen) atoms. The van der Waals surface area contributed by atoms with E-state index in [0.717, 1.165) is 5.69 Å². The largest absolute Gasteiger partial charge is 0.378 e. The lowest BCUT2D eigenvalue weighted by molar-refractivity contribution is -0.136. The van der Waals surface area contributed by atoms with Gasteiger partial charge < -0.3 is 19.9 Å². The maximum atomic E-state index is 12.4. The maximum absolute atomic E-state index is 12.4. The van der Waals surface area contributed by atoms with Gasteiger partial charge in [-0.05, 0) is 24.3 Å². The summed E-state index contributed by atoms with van der Waals surface area (Å²) < 4.78 is 27.9. The van der Waals surface area contributed by atoms with Gasteiger partial charge in [0.1, 0.15) is 6.04 Å². The average molecular weight is 427 g/mol. The number of carbonyl (C=O) groups is 1. The van der Waals surface area contributed by atoms with Crippen molar-refractivity contribution in [2.75, 3.05) is 50.8 Å². The lowest BCUT2D eigenvalue weighted by Gasteiger charge is -2.38. The number of piperazine rings is 1. The summed E-state index contributed by atoms with van der Waals surface area (Å²) in [6.07, 6.45) is 0. The summed E-state index contributed by atoms with van der Waals surface area (Å²) in [5, 5.41) is 8.29. The van der Waals surface area contributed by atoms with Gasteiger partial charge in [-0.25, -0.2) is 13.6 Å². The number of nitrogens with zero attached hydrogens (tertiary/aromatic N) is 2. The van der Waals surface area contributed by atoms with Gasteiger partial charge in [0.15, 0.2) is 0 Å². The Kier molecular flexibility index (Phi) is 8.58. The first-order valence-corrected chi connectivity index (χ1v) is 9.47. The van der Waals surface area contributed by atoms with E-state index < -0.39 is 10.0 Å². The molecular formula is C15H24Cl2N4O4S. The molecule has 1 aromatic carbocycles. The number of benzene rings is 1. The summed E-state index contributed by atoms with van der Waals surface area (Å²) in [6, 6.07) is 6.25. The molecular weight excluding hydrogens is 403 g/mol. The third-order valence-electron chi connectivity index (χ3n) is 4.34. The molecule has 2 aliphatic rings. The predicted molar refractivity (Wildman–Crippen MR) is 104 cm³/mol. The average Bonchev–Trinajstić information content (AvgIpc) is 2.61. The minimum Gasteiger partial charge on any atom is -0.378 e. The molecule has 148 valence electrons. The van der Waals surface area contributed by atoms with Crippen molar-refractivity contribution in [3.63, 3.8) is 0 Å². The van der Waals surface area contributed by atoms with Gasteiger partial charge in [0, 0.05) is 38.4 Å². The van der Waals surface area contributed by atoms with Crippen molar-refractivity contribution in [1.29, 1.82) is 0 Å². The van der Waals surface area contributed by atoms with Crippen molar-refractivity contribution in [3.05, 3.63) is 24.3 Å². The predicted octanol–water partition coefficient (Wildman–Crippen LogP) is -0.185. The number of rotatable bonds is 3. The number of primary sulfonamides is 1. The monoisotopic (exact) mass is 426 g/mol. The molecule has 3 rings (SSSR count). The second-order valence-corrected chi connectivity index (χ2v) is 7.49. The summed E-state index contributed by atoms with van der Waals surface area (Å²) in [5.74, 6) is 0.0823. The number of anilines is 1. The van der Waals surface area contributed by atoms with Crippen LogP contribution in [-0.4, -0.2) is 71.2 Å². The van der Waals surface area contributed by atoms with Crippen molar-refractivity contribution in [2.24, 2.45) is 5.14 Å². The molecule has 0 spiro atoms. The highest BCUT2D eigenvalue weighted by atomic mass is 35.5. The number of carbonyl (C=O) groups excluding carboxylic acids is 1. The first-order valence-electron chi connectivity index (χ1n) is 7.93. The number of sulfonamides is 1.